The zero-order valence-corrected chi connectivity index (χ0v) is 20.1. The standard InChI is InChI=1S/C19H22N10O5S2/c20-19-23-13-3-1-2-12(16(13)24-19)11-4-5-14(36(33,34)27-9-6-10(8-30)22-7-9)17(35(21,31)32)15(11)18-25-28-29-26-18/h1-5,9-10,22,27,30H,6-8H2,(H3,20,23,24)(H2,21,31,32)(H,25,26,28,29)/t9-,10-/m0/s1. The van der Waals surface area contributed by atoms with Crippen molar-refractivity contribution < 1.29 is 21.9 Å². The molecule has 0 unspecified atom stereocenters. The van der Waals surface area contributed by atoms with Crippen LogP contribution < -0.4 is 20.9 Å². The number of hydrogen-bond acceptors (Lipinski definition) is 11. The van der Waals surface area contributed by atoms with Crippen molar-refractivity contribution in [2.24, 2.45) is 5.14 Å². The molecule has 0 spiro atoms. The normalized spacial score (nSPS) is 18.7. The molecular formula is C19H22N10O5S2. The molecule has 1 saturated heterocycles. The fourth-order valence-electron chi connectivity index (χ4n) is 4.38. The first kappa shape index (κ1) is 24.2. The molecule has 190 valence electrons. The number of aromatic nitrogens is 6. The first-order valence-electron chi connectivity index (χ1n) is 10.6. The van der Waals surface area contributed by atoms with Crippen LogP contribution in [0.1, 0.15) is 6.42 Å². The number of rotatable bonds is 7. The summed E-state index contributed by atoms with van der Waals surface area (Å²) >= 11 is 0. The van der Waals surface area contributed by atoms with Crippen LogP contribution in [0.4, 0.5) is 5.95 Å². The summed E-state index contributed by atoms with van der Waals surface area (Å²) in [6.07, 6.45) is 0.319. The number of sulfonamides is 2. The van der Waals surface area contributed by atoms with E-state index in [1.54, 1.807) is 18.2 Å². The molecule has 0 radical (unpaired) electrons. The Hall–Kier alpha value is -3.48. The lowest BCUT2D eigenvalue weighted by atomic mass is 9.98. The van der Waals surface area contributed by atoms with Gasteiger partial charge in [0.1, 0.15) is 9.79 Å². The third kappa shape index (κ3) is 4.31. The zero-order chi connectivity index (χ0) is 25.7. The lowest BCUT2D eigenvalue weighted by Crippen LogP contribution is -2.37. The van der Waals surface area contributed by atoms with Gasteiger partial charge in [-0.05, 0) is 34.5 Å². The SMILES string of the molecule is Nc1nc2c(-c3ccc(S(=O)(=O)N[C@@H]4CN[C@H](CO)C4)c(S(N)(=O)=O)c3-c3nnn[nH]3)cccc2[nH]1. The number of H-pyrrole nitrogens is 2. The molecule has 15 nitrogen and oxygen atoms in total. The minimum atomic E-state index is -4.64. The minimum Gasteiger partial charge on any atom is -0.395 e. The van der Waals surface area contributed by atoms with Gasteiger partial charge in [0, 0.05) is 24.2 Å². The lowest BCUT2D eigenvalue weighted by molar-refractivity contribution is 0.254. The Bertz CT molecular complexity index is 1650. The van der Waals surface area contributed by atoms with Gasteiger partial charge in [-0.25, -0.2) is 36.8 Å². The summed E-state index contributed by atoms with van der Waals surface area (Å²) in [6, 6.07) is 6.84. The van der Waals surface area contributed by atoms with Crippen molar-refractivity contribution in [3.63, 3.8) is 0 Å². The number of aromatic amines is 2. The number of benzene rings is 2. The molecule has 1 aliphatic rings. The number of imidazole rings is 1. The summed E-state index contributed by atoms with van der Waals surface area (Å²) in [5, 5.41) is 31.3. The van der Waals surface area contributed by atoms with Crippen LogP contribution in [0.5, 0.6) is 0 Å². The van der Waals surface area contributed by atoms with E-state index in [2.05, 4.69) is 40.6 Å². The molecule has 9 N–H and O–H groups in total. The van der Waals surface area contributed by atoms with Gasteiger partial charge in [0.25, 0.3) is 0 Å². The predicted molar refractivity (Wildman–Crippen MR) is 128 cm³/mol. The number of fused-ring (bicyclic) bond motifs is 1. The summed E-state index contributed by atoms with van der Waals surface area (Å²) in [5.74, 6) is 0.0243. The highest BCUT2D eigenvalue weighted by Gasteiger charge is 2.35. The van der Waals surface area contributed by atoms with Crippen molar-refractivity contribution in [2.45, 2.75) is 28.3 Å². The van der Waals surface area contributed by atoms with E-state index in [0.29, 0.717) is 23.0 Å². The molecule has 4 aromatic rings. The van der Waals surface area contributed by atoms with Crippen molar-refractivity contribution in [2.75, 3.05) is 18.9 Å². The maximum atomic E-state index is 13.4. The molecule has 17 heteroatoms. The molecule has 3 heterocycles. The lowest BCUT2D eigenvalue weighted by Gasteiger charge is -2.18. The molecule has 0 aliphatic carbocycles. The van der Waals surface area contributed by atoms with Crippen molar-refractivity contribution >= 4 is 37.0 Å². The van der Waals surface area contributed by atoms with Crippen LogP contribution in [0, 0.1) is 0 Å². The van der Waals surface area contributed by atoms with E-state index < -0.39 is 35.9 Å². The average Bonchev–Trinajstić information content (AvgIpc) is 3.57. The third-order valence-corrected chi connectivity index (χ3v) is 8.55. The largest absolute Gasteiger partial charge is 0.395 e. The number of para-hydroxylation sites is 1. The first-order valence-corrected chi connectivity index (χ1v) is 13.7. The number of nitrogens with two attached hydrogens (primary N) is 2. The number of nitrogens with one attached hydrogen (secondary N) is 4. The van der Waals surface area contributed by atoms with Gasteiger partial charge in [-0.3, -0.25) is 0 Å². The van der Waals surface area contributed by atoms with Crippen LogP contribution in [-0.2, 0) is 20.0 Å². The number of nitrogen functional groups attached to an aromatic ring is 1. The highest BCUT2D eigenvalue weighted by atomic mass is 32.2. The van der Waals surface area contributed by atoms with Gasteiger partial charge in [0.2, 0.25) is 20.0 Å². The average molecular weight is 535 g/mol. The zero-order valence-electron chi connectivity index (χ0n) is 18.5. The number of aliphatic hydroxyl groups excluding tert-OH is 1. The predicted octanol–water partition coefficient (Wildman–Crippen LogP) is -1.36. The van der Waals surface area contributed by atoms with Crippen molar-refractivity contribution in [3.8, 4) is 22.5 Å². The number of nitrogens with zero attached hydrogens (tertiary/aromatic N) is 4. The molecule has 2 aromatic carbocycles. The Kier molecular flexibility index (Phi) is 5.97. The van der Waals surface area contributed by atoms with Crippen LogP contribution in [0.15, 0.2) is 40.1 Å². The first-order chi connectivity index (χ1) is 17.1. The summed E-state index contributed by atoms with van der Waals surface area (Å²) in [7, 11) is -9.04. The van der Waals surface area contributed by atoms with Gasteiger partial charge in [0.05, 0.1) is 23.2 Å². The summed E-state index contributed by atoms with van der Waals surface area (Å²) in [6.45, 7) is 0.0932. The second kappa shape index (κ2) is 8.87. The second-order valence-corrected chi connectivity index (χ2v) is 11.5. The van der Waals surface area contributed by atoms with Crippen LogP contribution in [-0.4, -0.2) is 77.8 Å². The topological polar surface area (TPSA) is 248 Å². The Morgan fingerprint density at radius 1 is 1.14 bits per heavy atom. The molecule has 1 aliphatic heterocycles. The van der Waals surface area contributed by atoms with Gasteiger partial charge >= 0.3 is 0 Å². The van der Waals surface area contributed by atoms with Crippen LogP contribution >= 0.6 is 0 Å². The van der Waals surface area contributed by atoms with Gasteiger partial charge in [-0.15, -0.1) is 5.10 Å². The van der Waals surface area contributed by atoms with E-state index >= 15 is 0 Å². The van der Waals surface area contributed by atoms with E-state index in [9.17, 15) is 21.9 Å². The number of aliphatic hydroxyl groups is 1. The van der Waals surface area contributed by atoms with E-state index in [-0.39, 0.29) is 42.1 Å². The summed E-state index contributed by atoms with van der Waals surface area (Å²) < 4.78 is 55.2. The number of primary sulfonamides is 1. The smallest absolute Gasteiger partial charge is 0.242 e. The van der Waals surface area contributed by atoms with Crippen LogP contribution in [0.25, 0.3) is 33.5 Å². The second-order valence-electron chi connectivity index (χ2n) is 8.28. The monoisotopic (exact) mass is 534 g/mol. The number of hydrogen-bond donors (Lipinski definition) is 7. The molecule has 0 amide bonds. The molecule has 36 heavy (non-hydrogen) atoms. The molecule has 5 rings (SSSR count). The minimum absolute atomic E-state index is 0.116. The maximum absolute atomic E-state index is 13.4. The van der Waals surface area contributed by atoms with Crippen LogP contribution in [0.3, 0.4) is 0 Å². The Morgan fingerprint density at radius 3 is 2.61 bits per heavy atom. The van der Waals surface area contributed by atoms with Gasteiger partial charge in [-0.2, -0.15) is 0 Å². The summed E-state index contributed by atoms with van der Waals surface area (Å²) in [4.78, 5) is 5.93. The quantitative estimate of drug-likeness (QED) is 0.146. The van der Waals surface area contributed by atoms with E-state index in [4.69, 9.17) is 10.9 Å². The fraction of sp³-hybridized carbons (Fsp3) is 0.263. The van der Waals surface area contributed by atoms with Gasteiger partial charge in [-0.1, -0.05) is 18.2 Å². The van der Waals surface area contributed by atoms with Crippen LogP contribution in [0.2, 0.25) is 0 Å². The van der Waals surface area contributed by atoms with Crippen molar-refractivity contribution in [1.29, 1.82) is 0 Å². The highest BCUT2D eigenvalue weighted by molar-refractivity contribution is 7.92. The molecule has 0 saturated carbocycles. The Morgan fingerprint density at radius 2 is 1.94 bits per heavy atom. The molecular weight excluding hydrogens is 512 g/mol. The molecule has 2 atom stereocenters. The number of anilines is 1. The van der Waals surface area contributed by atoms with E-state index in [1.165, 1.54) is 6.07 Å². The van der Waals surface area contributed by atoms with Gasteiger partial charge in [0.15, 0.2) is 11.8 Å². The maximum Gasteiger partial charge on any atom is 0.242 e. The molecule has 0 bridgehead atoms. The van der Waals surface area contributed by atoms with E-state index in [0.717, 1.165) is 6.07 Å². The van der Waals surface area contributed by atoms with Crippen molar-refractivity contribution in [3.05, 3.63) is 30.3 Å². The Balaban J connectivity index is 1.76. The van der Waals surface area contributed by atoms with Gasteiger partial charge < -0.3 is 21.1 Å². The Labute approximate surface area is 204 Å². The molecule has 2 aromatic heterocycles. The fourth-order valence-corrected chi connectivity index (χ4v) is 7.24. The molecule has 1 fully saturated rings. The van der Waals surface area contributed by atoms with Crippen molar-refractivity contribution in [1.82, 2.24) is 40.6 Å². The van der Waals surface area contributed by atoms with E-state index in [1.807, 2.05) is 0 Å². The highest BCUT2D eigenvalue weighted by Crippen LogP contribution is 2.40. The number of tetrazole rings is 1. The summed E-state index contributed by atoms with van der Waals surface area (Å²) in [5.41, 5.74) is 7.38. The third-order valence-electron chi connectivity index (χ3n) is 5.86.